The van der Waals surface area contributed by atoms with Gasteiger partial charge in [0.2, 0.25) is 11.8 Å². The number of carbonyl (C=O) groups is 2. The summed E-state index contributed by atoms with van der Waals surface area (Å²) in [5.74, 6) is 0.294. The monoisotopic (exact) mass is 313 g/mol. The molecule has 0 fully saturated rings. The van der Waals surface area contributed by atoms with Gasteiger partial charge in [-0.1, -0.05) is 18.7 Å². The summed E-state index contributed by atoms with van der Waals surface area (Å²) in [6.45, 7) is 5.56. The van der Waals surface area contributed by atoms with Gasteiger partial charge < -0.3 is 14.6 Å². The molecule has 1 aromatic heterocycles. The van der Waals surface area contributed by atoms with Gasteiger partial charge in [-0.3, -0.25) is 9.59 Å². The van der Waals surface area contributed by atoms with Crippen LogP contribution >= 0.6 is 0 Å². The lowest BCUT2D eigenvalue weighted by Crippen LogP contribution is -2.27. The minimum absolute atomic E-state index is 0.0199. The Morgan fingerprint density at radius 3 is 2.61 bits per heavy atom. The van der Waals surface area contributed by atoms with E-state index in [0.717, 1.165) is 11.3 Å². The van der Waals surface area contributed by atoms with Crippen molar-refractivity contribution in [2.75, 3.05) is 12.4 Å². The van der Waals surface area contributed by atoms with Crippen molar-refractivity contribution < 1.29 is 14.0 Å². The number of oxazole rings is 1. The van der Waals surface area contributed by atoms with Crippen molar-refractivity contribution in [2.24, 2.45) is 0 Å². The highest BCUT2D eigenvalue weighted by Gasteiger charge is 2.12. The second kappa shape index (κ2) is 7.40. The van der Waals surface area contributed by atoms with E-state index < -0.39 is 0 Å². The van der Waals surface area contributed by atoms with Crippen LogP contribution < -0.4 is 5.32 Å². The Bertz CT molecular complexity index is 704. The Hall–Kier alpha value is -2.89. The molecule has 0 saturated carbocycles. The zero-order chi connectivity index (χ0) is 16.8. The van der Waals surface area contributed by atoms with E-state index in [0.29, 0.717) is 18.1 Å². The molecule has 2 amide bonds. The standard InChI is InChI=1S/C17H19N3O3/c1-4-16(21)19-14-7-5-13(6-8-14)9-17(22)20(3)10-15-11-23-12(2)18-15/h4-8,11H,1,9-10H2,2-3H3,(H,19,21). The lowest BCUT2D eigenvalue weighted by molar-refractivity contribution is -0.129. The van der Waals surface area contributed by atoms with E-state index in [2.05, 4.69) is 16.9 Å². The van der Waals surface area contributed by atoms with Crippen LogP contribution in [0.3, 0.4) is 0 Å². The van der Waals surface area contributed by atoms with Crippen LogP contribution in [0, 0.1) is 6.92 Å². The SMILES string of the molecule is C=CC(=O)Nc1ccc(CC(=O)N(C)Cc2coc(C)n2)cc1. The first-order valence-corrected chi connectivity index (χ1v) is 7.15. The summed E-state index contributed by atoms with van der Waals surface area (Å²) in [5.41, 5.74) is 2.26. The van der Waals surface area contributed by atoms with Crippen LogP contribution in [0.2, 0.25) is 0 Å². The van der Waals surface area contributed by atoms with Crippen LogP contribution in [-0.4, -0.2) is 28.7 Å². The molecule has 0 aliphatic heterocycles. The topological polar surface area (TPSA) is 75.4 Å². The molecule has 0 aliphatic rings. The van der Waals surface area contributed by atoms with E-state index in [4.69, 9.17) is 4.42 Å². The van der Waals surface area contributed by atoms with Gasteiger partial charge in [-0.2, -0.15) is 0 Å². The molecule has 0 bridgehead atoms. The average Bonchev–Trinajstić information content (AvgIpc) is 2.94. The smallest absolute Gasteiger partial charge is 0.247 e. The highest BCUT2D eigenvalue weighted by molar-refractivity contribution is 5.98. The molecule has 0 unspecified atom stereocenters. The molecule has 120 valence electrons. The number of likely N-dealkylation sites (N-methyl/N-ethyl adjacent to an activating group) is 1. The predicted octanol–water partition coefficient (Wildman–Crippen LogP) is 2.31. The van der Waals surface area contributed by atoms with Crippen molar-refractivity contribution >= 4 is 17.5 Å². The molecule has 0 saturated heterocycles. The molecule has 0 spiro atoms. The van der Waals surface area contributed by atoms with Crippen molar-refractivity contribution in [1.29, 1.82) is 0 Å². The number of hydrogen-bond donors (Lipinski definition) is 1. The Morgan fingerprint density at radius 2 is 2.04 bits per heavy atom. The van der Waals surface area contributed by atoms with Crippen LogP contribution in [0.1, 0.15) is 17.1 Å². The highest BCUT2D eigenvalue weighted by Crippen LogP contribution is 2.12. The summed E-state index contributed by atoms with van der Waals surface area (Å²) >= 11 is 0. The number of amides is 2. The normalized spacial score (nSPS) is 10.2. The van der Waals surface area contributed by atoms with E-state index in [1.165, 1.54) is 6.08 Å². The predicted molar refractivity (Wildman–Crippen MR) is 86.7 cm³/mol. The minimum Gasteiger partial charge on any atom is -0.449 e. The second-order valence-corrected chi connectivity index (χ2v) is 5.17. The van der Waals surface area contributed by atoms with Gasteiger partial charge >= 0.3 is 0 Å². The van der Waals surface area contributed by atoms with Crippen LogP contribution in [0.5, 0.6) is 0 Å². The maximum atomic E-state index is 12.2. The van der Waals surface area contributed by atoms with Crippen LogP contribution in [0.25, 0.3) is 0 Å². The molecule has 2 aromatic rings. The fourth-order valence-corrected chi connectivity index (χ4v) is 2.02. The molecule has 0 radical (unpaired) electrons. The minimum atomic E-state index is -0.267. The number of rotatable bonds is 6. The largest absolute Gasteiger partial charge is 0.449 e. The van der Waals surface area contributed by atoms with Gasteiger partial charge in [0, 0.05) is 19.7 Å². The molecule has 6 heteroatoms. The summed E-state index contributed by atoms with van der Waals surface area (Å²) in [4.78, 5) is 29.2. The molecular formula is C17H19N3O3. The van der Waals surface area contributed by atoms with Crippen molar-refractivity contribution in [2.45, 2.75) is 19.9 Å². The first-order valence-electron chi connectivity index (χ1n) is 7.15. The Labute approximate surface area is 134 Å². The zero-order valence-electron chi connectivity index (χ0n) is 13.2. The first-order chi connectivity index (χ1) is 11.0. The lowest BCUT2D eigenvalue weighted by atomic mass is 10.1. The Morgan fingerprint density at radius 1 is 1.35 bits per heavy atom. The fourth-order valence-electron chi connectivity index (χ4n) is 2.02. The van der Waals surface area contributed by atoms with Crippen molar-refractivity contribution in [3.8, 4) is 0 Å². The quantitative estimate of drug-likeness (QED) is 0.830. The molecular weight excluding hydrogens is 294 g/mol. The Balaban J connectivity index is 1.91. The van der Waals surface area contributed by atoms with Crippen molar-refractivity contribution in [3.63, 3.8) is 0 Å². The van der Waals surface area contributed by atoms with Crippen molar-refractivity contribution in [3.05, 3.63) is 60.3 Å². The number of nitrogens with one attached hydrogen (secondary N) is 1. The highest BCUT2D eigenvalue weighted by atomic mass is 16.3. The number of nitrogens with zero attached hydrogens (tertiary/aromatic N) is 2. The third-order valence-corrected chi connectivity index (χ3v) is 3.25. The van der Waals surface area contributed by atoms with Gasteiger partial charge in [-0.25, -0.2) is 4.98 Å². The van der Waals surface area contributed by atoms with Gasteiger partial charge in [0.05, 0.1) is 18.7 Å². The van der Waals surface area contributed by atoms with E-state index in [1.807, 2.05) is 12.1 Å². The molecule has 1 N–H and O–H groups in total. The van der Waals surface area contributed by atoms with E-state index in [-0.39, 0.29) is 18.2 Å². The fraction of sp³-hybridized carbons (Fsp3) is 0.235. The van der Waals surface area contributed by atoms with Crippen LogP contribution in [0.4, 0.5) is 5.69 Å². The van der Waals surface area contributed by atoms with Crippen molar-refractivity contribution in [1.82, 2.24) is 9.88 Å². The van der Waals surface area contributed by atoms with E-state index >= 15 is 0 Å². The third-order valence-electron chi connectivity index (χ3n) is 3.25. The summed E-state index contributed by atoms with van der Waals surface area (Å²) in [5, 5.41) is 2.66. The van der Waals surface area contributed by atoms with Gasteiger partial charge in [0.15, 0.2) is 5.89 Å². The zero-order valence-corrected chi connectivity index (χ0v) is 13.2. The number of carbonyl (C=O) groups excluding carboxylic acids is 2. The number of aryl methyl sites for hydroxylation is 1. The summed E-state index contributed by atoms with van der Waals surface area (Å²) < 4.78 is 5.13. The Kier molecular flexibility index (Phi) is 5.30. The molecule has 1 aromatic carbocycles. The van der Waals surface area contributed by atoms with Gasteiger partial charge in [0.25, 0.3) is 0 Å². The summed E-state index contributed by atoms with van der Waals surface area (Å²) in [6, 6.07) is 7.13. The molecule has 1 heterocycles. The number of anilines is 1. The molecule has 2 rings (SSSR count). The number of benzene rings is 1. The molecule has 0 aliphatic carbocycles. The van der Waals surface area contributed by atoms with Gasteiger partial charge in [0.1, 0.15) is 6.26 Å². The molecule has 6 nitrogen and oxygen atoms in total. The maximum absolute atomic E-state index is 12.2. The molecule has 0 atom stereocenters. The first kappa shape index (κ1) is 16.5. The molecule has 23 heavy (non-hydrogen) atoms. The van der Waals surface area contributed by atoms with Crippen LogP contribution in [-0.2, 0) is 22.6 Å². The van der Waals surface area contributed by atoms with Gasteiger partial charge in [-0.05, 0) is 23.8 Å². The lowest BCUT2D eigenvalue weighted by Gasteiger charge is -2.15. The number of hydrogen-bond acceptors (Lipinski definition) is 4. The summed E-state index contributed by atoms with van der Waals surface area (Å²) in [6.07, 6.45) is 3.04. The maximum Gasteiger partial charge on any atom is 0.247 e. The third kappa shape index (κ3) is 4.81. The second-order valence-electron chi connectivity index (χ2n) is 5.17. The van der Waals surface area contributed by atoms with Gasteiger partial charge in [-0.15, -0.1) is 0 Å². The number of aromatic nitrogens is 1. The van der Waals surface area contributed by atoms with Crippen LogP contribution in [0.15, 0.2) is 47.6 Å². The average molecular weight is 313 g/mol. The van der Waals surface area contributed by atoms with E-state index in [9.17, 15) is 9.59 Å². The van der Waals surface area contributed by atoms with E-state index in [1.54, 1.807) is 37.3 Å². The summed E-state index contributed by atoms with van der Waals surface area (Å²) in [7, 11) is 1.73.